The molecule has 0 atom stereocenters. The topological polar surface area (TPSA) is 112 Å². The average Bonchev–Trinajstić information content (AvgIpc) is 3.18. The summed E-state index contributed by atoms with van der Waals surface area (Å²) in [5, 5.41) is 18.4. The summed E-state index contributed by atoms with van der Waals surface area (Å²) in [6.45, 7) is 2.40. The van der Waals surface area contributed by atoms with Crippen LogP contribution in [0.4, 0.5) is 0 Å². The molecule has 2 aromatic rings. The lowest BCUT2D eigenvalue weighted by Gasteiger charge is -2.26. The number of carbonyl (C=O) groups is 3. The molecule has 146 valence electrons. The highest BCUT2D eigenvalue weighted by Crippen LogP contribution is 2.29. The van der Waals surface area contributed by atoms with E-state index in [0.717, 1.165) is 4.90 Å². The third-order valence-corrected chi connectivity index (χ3v) is 4.62. The molecule has 0 saturated heterocycles. The predicted molar refractivity (Wildman–Crippen MR) is 104 cm³/mol. The number of Topliss-reactive ketones (excluding diaryl/α,β-unsaturated/α-hetero) is 1. The number of amides is 2. The van der Waals surface area contributed by atoms with Crippen molar-refractivity contribution in [2.75, 3.05) is 13.2 Å². The maximum Gasteiger partial charge on any atom is 0.271 e. The van der Waals surface area contributed by atoms with Crippen LogP contribution in [-0.2, 0) is 9.59 Å². The van der Waals surface area contributed by atoms with E-state index in [-0.39, 0.29) is 29.0 Å². The number of furan rings is 1. The van der Waals surface area contributed by atoms with Gasteiger partial charge in [0.15, 0.2) is 5.78 Å². The van der Waals surface area contributed by atoms with E-state index in [9.17, 15) is 19.6 Å². The summed E-state index contributed by atoms with van der Waals surface area (Å²) in [7, 11) is 0. The largest absolute Gasteiger partial charge is 0.457 e. The Bertz CT molecular complexity index is 1110. The monoisotopic (exact) mass is 390 g/mol. The summed E-state index contributed by atoms with van der Waals surface area (Å²) < 4.78 is 5.80. The maximum atomic E-state index is 12.7. The number of β-amino-alcohol motifs (C(OH)–C–C–N with tert-alkyl or cyclic N) is 1. The molecule has 1 aromatic heterocycles. The SMILES string of the molecule is CC(=O)c1cccc(-c2ccc(/C=C3/C(=O)N(CCO)C(=O)C(C#N)=C3C)o2)c1. The van der Waals surface area contributed by atoms with E-state index in [1.54, 1.807) is 36.4 Å². The molecule has 0 fully saturated rings. The van der Waals surface area contributed by atoms with Crippen molar-refractivity contribution in [2.45, 2.75) is 13.8 Å². The second-order valence-electron chi connectivity index (χ2n) is 6.49. The molecule has 2 heterocycles. The molecule has 0 spiro atoms. The molecule has 0 saturated carbocycles. The molecule has 0 unspecified atom stereocenters. The fourth-order valence-electron chi connectivity index (χ4n) is 3.05. The van der Waals surface area contributed by atoms with Gasteiger partial charge in [-0.3, -0.25) is 19.3 Å². The van der Waals surface area contributed by atoms with Gasteiger partial charge < -0.3 is 9.52 Å². The van der Waals surface area contributed by atoms with Gasteiger partial charge in [-0.2, -0.15) is 5.26 Å². The van der Waals surface area contributed by atoms with Crippen LogP contribution in [0.15, 0.2) is 57.5 Å². The highest BCUT2D eigenvalue weighted by atomic mass is 16.3. The molecule has 7 nitrogen and oxygen atoms in total. The first-order valence-corrected chi connectivity index (χ1v) is 8.88. The molecule has 2 amide bonds. The lowest BCUT2D eigenvalue weighted by molar-refractivity contribution is -0.140. The molecule has 0 bridgehead atoms. The van der Waals surface area contributed by atoms with E-state index in [1.807, 2.05) is 6.07 Å². The molecule has 1 aliphatic heterocycles. The smallest absolute Gasteiger partial charge is 0.271 e. The number of hydrogen-bond donors (Lipinski definition) is 1. The van der Waals surface area contributed by atoms with Crippen molar-refractivity contribution in [3.63, 3.8) is 0 Å². The second kappa shape index (κ2) is 8.09. The molecule has 0 aliphatic carbocycles. The van der Waals surface area contributed by atoms with Crippen LogP contribution in [0.5, 0.6) is 0 Å². The highest BCUT2D eigenvalue weighted by Gasteiger charge is 2.35. The Labute approximate surface area is 167 Å². The Kier molecular flexibility index (Phi) is 5.57. The van der Waals surface area contributed by atoms with Gasteiger partial charge in [0.25, 0.3) is 11.8 Å². The predicted octanol–water partition coefficient (Wildman–Crippen LogP) is 2.73. The van der Waals surface area contributed by atoms with Crippen LogP contribution < -0.4 is 0 Å². The Hall–Kier alpha value is -3.76. The van der Waals surface area contributed by atoms with Gasteiger partial charge >= 0.3 is 0 Å². The van der Waals surface area contributed by atoms with Crippen molar-refractivity contribution in [3.05, 3.63) is 64.4 Å². The highest BCUT2D eigenvalue weighted by molar-refractivity contribution is 6.19. The van der Waals surface area contributed by atoms with Gasteiger partial charge in [-0.25, -0.2) is 0 Å². The number of ketones is 1. The van der Waals surface area contributed by atoms with Crippen LogP contribution in [0.2, 0.25) is 0 Å². The van der Waals surface area contributed by atoms with Crippen molar-refractivity contribution in [1.82, 2.24) is 4.90 Å². The molecular formula is C22H18N2O5. The standard InChI is InChI=1S/C22H18N2O5/c1-13-18(21(27)24(8-9-25)22(28)19(13)12-23)11-17-6-7-20(29-17)16-5-3-4-15(10-16)14(2)26/h3-7,10-11,25H,8-9H2,1-2H3/b18-11+. The molecule has 3 rings (SSSR count). The van der Waals surface area contributed by atoms with Gasteiger partial charge in [0, 0.05) is 16.7 Å². The van der Waals surface area contributed by atoms with E-state index < -0.39 is 18.4 Å². The Balaban J connectivity index is 2.02. The molecule has 7 heteroatoms. The molecule has 29 heavy (non-hydrogen) atoms. The van der Waals surface area contributed by atoms with Gasteiger partial charge in [-0.05, 0) is 43.7 Å². The Morgan fingerprint density at radius 3 is 2.66 bits per heavy atom. The van der Waals surface area contributed by atoms with Crippen LogP contribution >= 0.6 is 0 Å². The summed E-state index contributed by atoms with van der Waals surface area (Å²) in [5.41, 5.74) is 1.52. The lowest BCUT2D eigenvalue weighted by atomic mass is 9.95. The first-order chi connectivity index (χ1) is 13.9. The van der Waals surface area contributed by atoms with E-state index >= 15 is 0 Å². The summed E-state index contributed by atoms with van der Waals surface area (Å²) >= 11 is 0. The quantitative estimate of drug-likeness (QED) is 0.477. The number of carbonyl (C=O) groups excluding carboxylic acids is 3. The summed E-state index contributed by atoms with van der Waals surface area (Å²) in [6.07, 6.45) is 1.46. The summed E-state index contributed by atoms with van der Waals surface area (Å²) in [6, 6.07) is 12.2. The van der Waals surface area contributed by atoms with Gasteiger partial charge in [-0.15, -0.1) is 0 Å². The number of imide groups is 1. The summed E-state index contributed by atoms with van der Waals surface area (Å²) in [5.74, 6) is -0.522. The Morgan fingerprint density at radius 2 is 2.00 bits per heavy atom. The fraction of sp³-hybridized carbons (Fsp3) is 0.182. The number of benzene rings is 1. The van der Waals surface area contributed by atoms with Crippen molar-refractivity contribution >= 4 is 23.7 Å². The van der Waals surface area contributed by atoms with Crippen LogP contribution in [-0.4, -0.2) is 40.8 Å². The molecule has 1 aromatic carbocycles. The number of hydrogen-bond acceptors (Lipinski definition) is 6. The first-order valence-electron chi connectivity index (χ1n) is 8.88. The zero-order valence-corrected chi connectivity index (χ0v) is 15.9. The van der Waals surface area contributed by atoms with Gasteiger partial charge in [-0.1, -0.05) is 18.2 Å². The van der Waals surface area contributed by atoms with Crippen molar-refractivity contribution in [1.29, 1.82) is 5.26 Å². The van der Waals surface area contributed by atoms with Crippen LogP contribution in [0.3, 0.4) is 0 Å². The minimum Gasteiger partial charge on any atom is -0.457 e. The molecule has 1 aliphatic rings. The normalized spacial score (nSPS) is 15.8. The van der Waals surface area contributed by atoms with Gasteiger partial charge in [0.2, 0.25) is 0 Å². The van der Waals surface area contributed by atoms with Crippen molar-refractivity contribution in [2.24, 2.45) is 0 Å². The van der Waals surface area contributed by atoms with Crippen LogP contribution in [0, 0.1) is 11.3 Å². The zero-order valence-electron chi connectivity index (χ0n) is 15.9. The van der Waals surface area contributed by atoms with Gasteiger partial charge in [0.05, 0.1) is 13.2 Å². The lowest BCUT2D eigenvalue weighted by Crippen LogP contribution is -2.44. The third kappa shape index (κ3) is 3.79. The third-order valence-electron chi connectivity index (χ3n) is 4.62. The minimum absolute atomic E-state index is 0.0630. The van der Waals surface area contributed by atoms with Gasteiger partial charge in [0.1, 0.15) is 23.2 Å². The van der Waals surface area contributed by atoms with Crippen LogP contribution in [0.1, 0.15) is 30.0 Å². The number of nitrogens with zero attached hydrogens (tertiary/aromatic N) is 2. The number of rotatable bonds is 5. The van der Waals surface area contributed by atoms with Crippen molar-refractivity contribution in [3.8, 4) is 17.4 Å². The molecule has 1 N–H and O–H groups in total. The number of nitriles is 1. The fourth-order valence-corrected chi connectivity index (χ4v) is 3.05. The number of aliphatic hydroxyl groups is 1. The molecular weight excluding hydrogens is 372 g/mol. The summed E-state index contributed by atoms with van der Waals surface area (Å²) in [4.78, 5) is 37.4. The minimum atomic E-state index is -0.720. The maximum absolute atomic E-state index is 12.7. The second-order valence-corrected chi connectivity index (χ2v) is 6.49. The van der Waals surface area contributed by atoms with E-state index in [4.69, 9.17) is 9.52 Å². The van der Waals surface area contributed by atoms with Crippen molar-refractivity contribution < 1.29 is 23.9 Å². The van der Waals surface area contributed by atoms with Crippen LogP contribution in [0.25, 0.3) is 17.4 Å². The zero-order chi connectivity index (χ0) is 21.1. The van der Waals surface area contributed by atoms with E-state index in [2.05, 4.69) is 0 Å². The average molecular weight is 390 g/mol. The Morgan fingerprint density at radius 1 is 1.24 bits per heavy atom. The molecule has 0 radical (unpaired) electrons. The first kappa shape index (κ1) is 20.0. The van der Waals surface area contributed by atoms with E-state index in [1.165, 1.54) is 19.9 Å². The number of aliphatic hydroxyl groups excluding tert-OH is 1. The van der Waals surface area contributed by atoms with E-state index in [0.29, 0.717) is 22.6 Å².